The standard InChI is InChI=1S/C19H20ClNO3/c1-23-16-12-17(24-2)15(11-14(16)20)21-18(22)19(9-6-10-19)13-7-4-3-5-8-13/h3-5,7-8,11-12H,6,9-10H2,1-2H3,(H,21,22). The average molecular weight is 346 g/mol. The SMILES string of the molecule is COc1cc(OC)c(NC(=O)C2(c3ccccc3)CCC2)cc1Cl. The minimum absolute atomic E-state index is 0.0283. The largest absolute Gasteiger partial charge is 0.495 e. The number of ether oxygens (including phenoxy) is 2. The third-order valence-corrected chi connectivity index (χ3v) is 4.99. The molecule has 3 rings (SSSR count). The van der Waals surface area contributed by atoms with Crippen LogP contribution in [0.2, 0.25) is 5.02 Å². The zero-order chi connectivity index (χ0) is 17.2. The van der Waals surface area contributed by atoms with Crippen LogP contribution in [0.5, 0.6) is 11.5 Å². The smallest absolute Gasteiger partial charge is 0.235 e. The molecule has 0 bridgehead atoms. The van der Waals surface area contributed by atoms with E-state index in [9.17, 15) is 4.79 Å². The van der Waals surface area contributed by atoms with Gasteiger partial charge in [0.25, 0.3) is 0 Å². The van der Waals surface area contributed by atoms with Gasteiger partial charge in [-0.2, -0.15) is 0 Å². The molecule has 0 aliphatic heterocycles. The summed E-state index contributed by atoms with van der Waals surface area (Å²) >= 11 is 6.19. The summed E-state index contributed by atoms with van der Waals surface area (Å²) in [5.74, 6) is 1.000. The summed E-state index contributed by atoms with van der Waals surface area (Å²) in [5.41, 5.74) is 1.13. The first kappa shape index (κ1) is 16.7. The second kappa shape index (κ2) is 6.73. The Morgan fingerprint density at radius 1 is 1.08 bits per heavy atom. The predicted molar refractivity (Wildman–Crippen MR) is 95.2 cm³/mol. The zero-order valence-corrected chi connectivity index (χ0v) is 14.5. The maximum atomic E-state index is 13.0. The number of hydrogen-bond donors (Lipinski definition) is 1. The Morgan fingerprint density at radius 2 is 1.75 bits per heavy atom. The van der Waals surface area contributed by atoms with Crippen LogP contribution in [0.1, 0.15) is 24.8 Å². The summed E-state index contributed by atoms with van der Waals surface area (Å²) in [4.78, 5) is 13.0. The zero-order valence-electron chi connectivity index (χ0n) is 13.8. The Kier molecular flexibility index (Phi) is 4.67. The molecule has 0 aromatic heterocycles. The van der Waals surface area contributed by atoms with Gasteiger partial charge in [0.2, 0.25) is 5.91 Å². The minimum Gasteiger partial charge on any atom is -0.495 e. The quantitative estimate of drug-likeness (QED) is 0.872. The van der Waals surface area contributed by atoms with Crippen LogP contribution >= 0.6 is 11.6 Å². The Hall–Kier alpha value is -2.20. The maximum Gasteiger partial charge on any atom is 0.235 e. The summed E-state index contributed by atoms with van der Waals surface area (Å²) < 4.78 is 10.6. The molecule has 1 fully saturated rings. The molecule has 0 unspecified atom stereocenters. The first-order chi connectivity index (χ1) is 11.6. The molecule has 0 heterocycles. The molecular formula is C19H20ClNO3. The van der Waals surface area contributed by atoms with Gasteiger partial charge < -0.3 is 14.8 Å². The first-order valence-corrected chi connectivity index (χ1v) is 8.27. The molecule has 1 aliphatic carbocycles. The monoisotopic (exact) mass is 345 g/mol. The van der Waals surface area contributed by atoms with Gasteiger partial charge in [-0.05, 0) is 24.5 Å². The van der Waals surface area contributed by atoms with E-state index in [0.717, 1.165) is 24.8 Å². The van der Waals surface area contributed by atoms with E-state index in [4.69, 9.17) is 21.1 Å². The molecule has 1 amide bonds. The van der Waals surface area contributed by atoms with Gasteiger partial charge in [0.1, 0.15) is 11.5 Å². The van der Waals surface area contributed by atoms with Crippen molar-refractivity contribution in [3.8, 4) is 11.5 Å². The first-order valence-electron chi connectivity index (χ1n) is 7.89. The number of anilines is 1. The molecule has 0 atom stereocenters. The lowest BCUT2D eigenvalue weighted by Crippen LogP contribution is -2.46. The van der Waals surface area contributed by atoms with Gasteiger partial charge in [-0.3, -0.25) is 4.79 Å². The number of nitrogens with one attached hydrogen (secondary N) is 1. The lowest BCUT2D eigenvalue weighted by molar-refractivity contribution is -0.124. The van der Waals surface area contributed by atoms with Crippen LogP contribution in [0.3, 0.4) is 0 Å². The molecule has 0 spiro atoms. The molecule has 2 aromatic carbocycles. The fraction of sp³-hybridized carbons (Fsp3) is 0.316. The molecule has 4 nitrogen and oxygen atoms in total. The molecule has 24 heavy (non-hydrogen) atoms. The van der Waals surface area contributed by atoms with Crippen LogP contribution in [0, 0.1) is 0 Å². The van der Waals surface area contributed by atoms with Crippen molar-refractivity contribution < 1.29 is 14.3 Å². The fourth-order valence-electron chi connectivity index (χ4n) is 3.13. The molecule has 126 valence electrons. The fourth-order valence-corrected chi connectivity index (χ4v) is 3.37. The normalized spacial score (nSPS) is 15.3. The van der Waals surface area contributed by atoms with Crippen LogP contribution in [-0.2, 0) is 10.2 Å². The topological polar surface area (TPSA) is 47.6 Å². The second-order valence-corrected chi connectivity index (χ2v) is 6.35. The Labute approximate surface area is 146 Å². The highest BCUT2D eigenvalue weighted by Gasteiger charge is 2.45. The van der Waals surface area contributed by atoms with E-state index < -0.39 is 5.41 Å². The van der Waals surface area contributed by atoms with Crippen LogP contribution < -0.4 is 14.8 Å². The van der Waals surface area contributed by atoms with Gasteiger partial charge in [0.05, 0.1) is 30.3 Å². The van der Waals surface area contributed by atoms with Gasteiger partial charge in [0, 0.05) is 6.07 Å². The third kappa shape index (κ3) is 2.82. The number of hydrogen-bond acceptors (Lipinski definition) is 3. The summed E-state index contributed by atoms with van der Waals surface area (Å²) in [6.45, 7) is 0. The molecular weight excluding hydrogens is 326 g/mol. The highest BCUT2D eigenvalue weighted by atomic mass is 35.5. The summed E-state index contributed by atoms with van der Waals surface area (Å²) in [5, 5.41) is 3.42. The number of benzene rings is 2. The van der Waals surface area contributed by atoms with Crippen molar-refractivity contribution in [2.45, 2.75) is 24.7 Å². The summed E-state index contributed by atoms with van der Waals surface area (Å²) in [6.07, 6.45) is 2.73. The number of carbonyl (C=O) groups is 1. The lowest BCUT2D eigenvalue weighted by Gasteiger charge is -2.40. The Balaban J connectivity index is 1.91. The number of carbonyl (C=O) groups excluding carboxylic acids is 1. The molecule has 0 saturated heterocycles. The summed E-state index contributed by atoms with van der Waals surface area (Å²) in [7, 11) is 3.09. The van der Waals surface area contributed by atoms with Crippen molar-refractivity contribution in [1.29, 1.82) is 0 Å². The van der Waals surface area contributed by atoms with Gasteiger partial charge in [0.15, 0.2) is 0 Å². The lowest BCUT2D eigenvalue weighted by atomic mass is 9.64. The van der Waals surface area contributed by atoms with Crippen molar-refractivity contribution in [2.24, 2.45) is 0 Å². The van der Waals surface area contributed by atoms with Crippen LogP contribution in [0.25, 0.3) is 0 Å². The van der Waals surface area contributed by atoms with Crippen molar-refractivity contribution >= 4 is 23.2 Å². The Bertz CT molecular complexity index is 742. The van der Waals surface area contributed by atoms with Gasteiger partial charge >= 0.3 is 0 Å². The number of amides is 1. The summed E-state index contributed by atoms with van der Waals surface area (Å²) in [6, 6.07) is 13.2. The van der Waals surface area contributed by atoms with E-state index in [1.54, 1.807) is 19.2 Å². The van der Waals surface area contributed by atoms with E-state index in [0.29, 0.717) is 22.2 Å². The number of methoxy groups -OCH3 is 2. The van der Waals surface area contributed by atoms with E-state index in [1.807, 2.05) is 30.3 Å². The van der Waals surface area contributed by atoms with E-state index >= 15 is 0 Å². The number of halogens is 1. The highest BCUT2D eigenvalue weighted by molar-refractivity contribution is 6.32. The van der Waals surface area contributed by atoms with E-state index in [2.05, 4.69) is 5.32 Å². The van der Waals surface area contributed by atoms with E-state index in [1.165, 1.54) is 7.11 Å². The molecule has 1 saturated carbocycles. The average Bonchev–Trinajstić information content (AvgIpc) is 2.55. The van der Waals surface area contributed by atoms with Crippen LogP contribution in [0.4, 0.5) is 5.69 Å². The van der Waals surface area contributed by atoms with Gasteiger partial charge in [-0.1, -0.05) is 48.4 Å². The molecule has 1 aliphatic rings. The second-order valence-electron chi connectivity index (χ2n) is 5.94. The van der Waals surface area contributed by atoms with E-state index in [-0.39, 0.29) is 5.91 Å². The van der Waals surface area contributed by atoms with Crippen molar-refractivity contribution in [3.63, 3.8) is 0 Å². The molecule has 1 N–H and O–H groups in total. The van der Waals surface area contributed by atoms with Gasteiger partial charge in [-0.15, -0.1) is 0 Å². The third-order valence-electron chi connectivity index (χ3n) is 4.69. The van der Waals surface area contributed by atoms with Crippen molar-refractivity contribution in [2.75, 3.05) is 19.5 Å². The van der Waals surface area contributed by atoms with Crippen LogP contribution in [0.15, 0.2) is 42.5 Å². The number of rotatable bonds is 5. The van der Waals surface area contributed by atoms with Crippen molar-refractivity contribution in [3.05, 3.63) is 53.1 Å². The molecule has 2 aromatic rings. The minimum atomic E-state index is -0.474. The molecule has 5 heteroatoms. The van der Waals surface area contributed by atoms with Gasteiger partial charge in [-0.25, -0.2) is 0 Å². The Morgan fingerprint density at radius 3 is 2.29 bits per heavy atom. The predicted octanol–water partition coefficient (Wildman–Crippen LogP) is 4.42. The highest BCUT2D eigenvalue weighted by Crippen LogP contribution is 2.45. The van der Waals surface area contributed by atoms with Crippen molar-refractivity contribution in [1.82, 2.24) is 0 Å². The van der Waals surface area contributed by atoms with Crippen LogP contribution in [-0.4, -0.2) is 20.1 Å². The maximum absolute atomic E-state index is 13.0. The molecule has 0 radical (unpaired) electrons.